The van der Waals surface area contributed by atoms with Crippen molar-refractivity contribution in [1.82, 2.24) is 4.90 Å². The van der Waals surface area contributed by atoms with E-state index >= 15 is 0 Å². The minimum absolute atomic E-state index is 0.0251. The summed E-state index contributed by atoms with van der Waals surface area (Å²) < 4.78 is 28.9. The van der Waals surface area contributed by atoms with E-state index in [1.54, 1.807) is 18.2 Å². The first-order chi connectivity index (χ1) is 12.2. The monoisotopic (exact) mass is 385 g/mol. The van der Waals surface area contributed by atoms with E-state index in [0.717, 1.165) is 25.7 Å². The Kier molecular flexibility index (Phi) is 5.51. The van der Waals surface area contributed by atoms with Crippen LogP contribution in [0.1, 0.15) is 46.5 Å². The number of piperidine rings is 1. The van der Waals surface area contributed by atoms with Gasteiger partial charge in [0.1, 0.15) is 23.2 Å². The van der Waals surface area contributed by atoms with Gasteiger partial charge < -0.3 is 19.1 Å². The zero-order chi connectivity index (χ0) is 18.9. The van der Waals surface area contributed by atoms with Crippen molar-refractivity contribution in [3.8, 4) is 11.5 Å². The number of fused-ring (bicyclic) bond motifs is 2. The lowest BCUT2D eigenvalue weighted by atomic mass is 10.00. The molecular formula is C19H25ClFNO4. The Labute approximate surface area is 158 Å². The second-order valence-corrected chi connectivity index (χ2v) is 8.30. The summed E-state index contributed by atoms with van der Waals surface area (Å²) in [5, 5.41) is 0.431. The predicted molar refractivity (Wildman–Crippen MR) is 96.6 cm³/mol. The highest BCUT2D eigenvalue weighted by molar-refractivity contribution is 6.30. The van der Waals surface area contributed by atoms with Crippen LogP contribution in [0, 0.1) is 0 Å². The van der Waals surface area contributed by atoms with Crippen molar-refractivity contribution in [2.45, 2.75) is 70.2 Å². The molecule has 1 aromatic rings. The SMILES string of the molecule is CC(C)(C)OC(=O)N1[C@@H]2CC[C@H]1CC(Oc1cc(Cl)cc(OCF)c1)C2. The van der Waals surface area contributed by atoms with Crippen LogP contribution < -0.4 is 9.47 Å². The normalized spacial score (nSPS) is 25.1. The summed E-state index contributed by atoms with van der Waals surface area (Å²) in [6.45, 7) is 4.70. The van der Waals surface area contributed by atoms with Gasteiger partial charge in [-0.2, -0.15) is 0 Å². The second-order valence-electron chi connectivity index (χ2n) is 7.86. The van der Waals surface area contributed by atoms with Gasteiger partial charge in [-0.05, 0) is 45.7 Å². The first-order valence-corrected chi connectivity index (χ1v) is 9.30. The van der Waals surface area contributed by atoms with Gasteiger partial charge in [-0.1, -0.05) is 11.6 Å². The molecule has 7 heteroatoms. The zero-order valence-corrected chi connectivity index (χ0v) is 16.1. The summed E-state index contributed by atoms with van der Waals surface area (Å²) >= 11 is 6.05. The van der Waals surface area contributed by atoms with Crippen LogP contribution in [0.5, 0.6) is 11.5 Å². The van der Waals surface area contributed by atoms with Crippen LogP contribution in [-0.4, -0.2) is 41.6 Å². The molecule has 1 aromatic carbocycles. The quantitative estimate of drug-likeness (QED) is 0.735. The molecule has 2 bridgehead atoms. The molecule has 1 unspecified atom stereocenters. The van der Waals surface area contributed by atoms with Crippen molar-refractivity contribution in [2.24, 2.45) is 0 Å². The molecular weight excluding hydrogens is 361 g/mol. The van der Waals surface area contributed by atoms with E-state index in [1.165, 1.54) is 0 Å². The van der Waals surface area contributed by atoms with Gasteiger partial charge >= 0.3 is 6.09 Å². The Morgan fingerprint density at radius 2 is 1.81 bits per heavy atom. The Balaban J connectivity index is 1.65. The summed E-state index contributed by atoms with van der Waals surface area (Å²) in [4.78, 5) is 14.4. The molecule has 2 aliphatic heterocycles. The molecule has 0 spiro atoms. The number of halogens is 2. The molecule has 5 nitrogen and oxygen atoms in total. The van der Waals surface area contributed by atoms with Crippen LogP contribution in [0.3, 0.4) is 0 Å². The Morgan fingerprint density at radius 1 is 1.19 bits per heavy atom. The molecule has 2 fully saturated rings. The third-order valence-electron chi connectivity index (χ3n) is 4.66. The van der Waals surface area contributed by atoms with Crippen LogP contribution in [0.4, 0.5) is 9.18 Å². The van der Waals surface area contributed by atoms with Crippen LogP contribution in [0.2, 0.25) is 5.02 Å². The van der Waals surface area contributed by atoms with Crippen molar-refractivity contribution in [1.29, 1.82) is 0 Å². The molecule has 2 aliphatic rings. The maximum absolute atomic E-state index is 12.5. The van der Waals surface area contributed by atoms with Crippen LogP contribution in [-0.2, 0) is 4.74 Å². The van der Waals surface area contributed by atoms with Crippen molar-refractivity contribution < 1.29 is 23.4 Å². The predicted octanol–water partition coefficient (Wildman–Crippen LogP) is 4.96. The van der Waals surface area contributed by atoms with E-state index < -0.39 is 12.5 Å². The minimum Gasteiger partial charge on any atom is -0.490 e. The first-order valence-electron chi connectivity index (χ1n) is 8.92. The fraction of sp³-hybridized carbons (Fsp3) is 0.632. The molecule has 2 saturated heterocycles. The number of amides is 1. The number of carbonyl (C=O) groups is 1. The molecule has 3 rings (SSSR count). The van der Waals surface area contributed by atoms with E-state index in [-0.39, 0.29) is 24.3 Å². The third kappa shape index (κ3) is 4.53. The van der Waals surface area contributed by atoms with Crippen molar-refractivity contribution in [2.75, 3.05) is 6.86 Å². The highest BCUT2D eigenvalue weighted by Crippen LogP contribution is 2.39. The molecule has 0 radical (unpaired) electrons. The summed E-state index contributed by atoms with van der Waals surface area (Å²) in [6, 6.07) is 5.11. The molecule has 26 heavy (non-hydrogen) atoms. The summed E-state index contributed by atoms with van der Waals surface area (Å²) in [5.74, 6) is 0.889. The number of ether oxygens (including phenoxy) is 3. The number of alkyl halides is 1. The fourth-order valence-corrected chi connectivity index (χ4v) is 3.99. The Bertz CT molecular complexity index is 649. The standard InChI is InChI=1S/C19H25ClFNO4/c1-19(2,3)26-18(23)22-13-4-5-14(22)9-17(8-13)25-16-7-12(20)6-15(10-16)24-11-21/h6-7,10,13-14,17H,4-5,8-9,11H2,1-3H3/t13-,14+,17?. The number of benzene rings is 1. The lowest BCUT2D eigenvalue weighted by Gasteiger charge is -2.39. The molecule has 3 atom stereocenters. The average molecular weight is 386 g/mol. The molecule has 0 N–H and O–H groups in total. The fourth-order valence-electron chi connectivity index (χ4n) is 3.78. The number of carbonyl (C=O) groups excluding carboxylic acids is 1. The molecule has 0 aromatic heterocycles. The van der Waals surface area contributed by atoms with Gasteiger partial charge in [0.25, 0.3) is 0 Å². The van der Waals surface area contributed by atoms with Crippen molar-refractivity contribution in [3.05, 3.63) is 23.2 Å². The maximum Gasteiger partial charge on any atom is 0.410 e. The van der Waals surface area contributed by atoms with E-state index in [1.807, 2.05) is 25.7 Å². The molecule has 2 heterocycles. The third-order valence-corrected chi connectivity index (χ3v) is 4.88. The zero-order valence-electron chi connectivity index (χ0n) is 15.3. The largest absolute Gasteiger partial charge is 0.490 e. The summed E-state index contributed by atoms with van der Waals surface area (Å²) in [7, 11) is 0. The van der Waals surface area contributed by atoms with Gasteiger partial charge in [0, 0.05) is 36.0 Å². The topological polar surface area (TPSA) is 48.0 Å². The van der Waals surface area contributed by atoms with Gasteiger partial charge in [0.2, 0.25) is 6.86 Å². The van der Waals surface area contributed by atoms with Gasteiger partial charge in [-0.25, -0.2) is 9.18 Å². The van der Waals surface area contributed by atoms with Crippen LogP contribution in [0.15, 0.2) is 18.2 Å². The van der Waals surface area contributed by atoms with Gasteiger partial charge in [-0.3, -0.25) is 0 Å². The van der Waals surface area contributed by atoms with Crippen molar-refractivity contribution >= 4 is 17.7 Å². The number of hydrogen-bond donors (Lipinski definition) is 0. The number of rotatable bonds is 4. The molecule has 1 amide bonds. The molecule has 144 valence electrons. The number of hydrogen-bond acceptors (Lipinski definition) is 4. The van der Waals surface area contributed by atoms with E-state index in [4.69, 9.17) is 25.8 Å². The van der Waals surface area contributed by atoms with Gasteiger partial charge in [0.05, 0.1) is 0 Å². The smallest absolute Gasteiger partial charge is 0.410 e. The maximum atomic E-state index is 12.5. The average Bonchev–Trinajstić information content (AvgIpc) is 2.77. The second kappa shape index (κ2) is 7.51. The molecule has 0 saturated carbocycles. The van der Waals surface area contributed by atoms with Gasteiger partial charge in [-0.15, -0.1) is 0 Å². The van der Waals surface area contributed by atoms with Crippen LogP contribution in [0.25, 0.3) is 0 Å². The lowest BCUT2D eigenvalue weighted by Crippen LogP contribution is -2.50. The lowest BCUT2D eigenvalue weighted by molar-refractivity contribution is -0.00708. The summed E-state index contributed by atoms with van der Waals surface area (Å²) in [5.41, 5.74) is -0.502. The van der Waals surface area contributed by atoms with Gasteiger partial charge in [0.15, 0.2) is 0 Å². The number of nitrogens with zero attached hydrogens (tertiary/aromatic N) is 1. The highest BCUT2D eigenvalue weighted by atomic mass is 35.5. The summed E-state index contributed by atoms with van der Waals surface area (Å²) in [6.07, 6.45) is 3.11. The minimum atomic E-state index is -0.918. The Hall–Kier alpha value is -1.69. The Morgan fingerprint density at radius 3 is 2.38 bits per heavy atom. The van der Waals surface area contributed by atoms with E-state index in [9.17, 15) is 9.18 Å². The highest BCUT2D eigenvalue weighted by Gasteiger charge is 2.45. The van der Waals surface area contributed by atoms with E-state index in [0.29, 0.717) is 16.5 Å². The van der Waals surface area contributed by atoms with Crippen LogP contribution >= 0.6 is 11.6 Å². The van der Waals surface area contributed by atoms with Crippen molar-refractivity contribution in [3.63, 3.8) is 0 Å². The van der Waals surface area contributed by atoms with E-state index in [2.05, 4.69) is 0 Å². The molecule has 0 aliphatic carbocycles. The first kappa shape index (κ1) is 19.1.